The number of amides is 1. The number of thioether (sulfide) groups is 1. The van der Waals surface area contributed by atoms with Gasteiger partial charge in [0.1, 0.15) is 16.7 Å². The first-order chi connectivity index (χ1) is 19.9. The van der Waals surface area contributed by atoms with Crippen LogP contribution in [0.1, 0.15) is 24.0 Å². The van der Waals surface area contributed by atoms with Crippen molar-refractivity contribution in [2.75, 3.05) is 13.2 Å². The molecule has 0 bridgehead atoms. The third-order valence-electron chi connectivity index (χ3n) is 6.87. The van der Waals surface area contributed by atoms with Crippen LogP contribution in [-0.2, 0) is 16.1 Å². The highest BCUT2D eigenvalue weighted by molar-refractivity contribution is 8.26. The maximum absolute atomic E-state index is 13.3. The average Bonchev–Trinajstić information content (AvgIpc) is 3.71. The second kappa shape index (κ2) is 12.4. The molecule has 3 heterocycles. The molecule has 0 spiro atoms. The Morgan fingerprint density at radius 1 is 1.10 bits per heavy atom. The molecule has 2 fully saturated rings. The second-order valence-corrected chi connectivity index (χ2v) is 12.2. The summed E-state index contributed by atoms with van der Waals surface area (Å²) in [4.78, 5) is 15.6. The van der Waals surface area contributed by atoms with E-state index < -0.39 is 0 Å². The smallest absolute Gasteiger partial charge is 0.266 e. The fourth-order valence-electron chi connectivity index (χ4n) is 4.73. The summed E-state index contributed by atoms with van der Waals surface area (Å²) in [5.41, 5.74) is 4.20. The molecule has 4 aromatic rings. The van der Waals surface area contributed by atoms with Gasteiger partial charge in [-0.25, -0.2) is 4.68 Å². The third-order valence-corrected chi connectivity index (χ3v) is 8.84. The molecule has 0 unspecified atom stereocenters. The van der Waals surface area contributed by atoms with Crippen molar-refractivity contribution in [2.45, 2.75) is 25.6 Å². The topological polar surface area (TPSA) is 56.6 Å². The highest BCUT2D eigenvalue weighted by Crippen LogP contribution is 2.36. The predicted octanol–water partition coefficient (Wildman–Crippen LogP) is 7.81. The number of thiocarbonyl (C=S) groups is 1. The minimum absolute atomic E-state index is 0.0321. The zero-order chi connectivity index (χ0) is 28.3. The summed E-state index contributed by atoms with van der Waals surface area (Å²) < 4.78 is 14.1. The Kier molecular flexibility index (Phi) is 8.46. The lowest BCUT2D eigenvalue weighted by Gasteiger charge is -2.18. The summed E-state index contributed by atoms with van der Waals surface area (Å²) in [6.07, 6.45) is 5.80. The van der Waals surface area contributed by atoms with Gasteiger partial charge in [0.2, 0.25) is 0 Å². The minimum Gasteiger partial charge on any atom is -0.489 e. The summed E-state index contributed by atoms with van der Waals surface area (Å²) in [7, 11) is 0. The van der Waals surface area contributed by atoms with E-state index in [1.165, 1.54) is 11.8 Å². The molecule has 1 atom stereocenters. The van der Waals surface area contributed by atoms with Gasteiger partial charge in [-0.15, -0.1) is 0 Å². The Morgan fingerprint density at radius 3 is 2.63 bits per heavy atom. The molecule has 0 aliphatic carbocycles. The Bertz CT molecular complexity index is 1620. The van der Waals surface area contributed by atoms with E-state index in [9.17, 15) is 4.79 Å². The SMILES string of the molecule is O=C1/C(=C/c2cn(-c3ccccc3)nc2-c2ccc(OCc3ccc(Cl)cc3Cl)cc2)SC(=S)N1C[C@@H]1CCCO1. The standard InChI is InChI=1S/C31H25Cl2N3O3S2/c32-23-11-8-21(27(33)16-23)19-39-25-12-9-20(10-13-25)29-22(17-36(34-29)24-5-2-1-3-6-24)15-28-30(37)35(31(40)41-28)18-26-7-4-14-38-26/h1-3,5-6,8-13,15-17,26H,4,7,14,18-19H2/b28-15-/t26-/m0/s1. The number of para-hydroxylation sites is 1. The van der Waals surface area contributed by atoms with Crippen molar-refractivity contribution in [2.24, 2.45) is 0 Å². The van der Waals surface area contributed by atoms with Crippen LogP contribution in [-0.4, -0.2) is 44.2 Å². The molecule has 0 N–H and O–H groups in total. The Morgan fingerprint density at radius 2 is 1.90 bits per heavy atom. The van der Waals surface area contributed by atoms with E-state index in [0.717, 1.165) is 47.5 Å². The van der Waals surface area contributed by atoms with Crippen LogP contribution in [0.25, 0.3) is 23.0 Å². The van der Waals surface area contributed by atoms with Crippen LogP contribution in [0.3, 0.4) is 0 Å². The van der Waals surface area contributed by atoms with Crippen molar-refractivity contribution < 1.29 is 14.3 Å². The van der Waals surface area contributed by atoms with E-state index in [1.807, 2.05) is 77.6 Å². The van der Waals surface area contributed by atoms with Gasteiger partial charge in [-0.3, -0.25) is 9.69 Å². The zero-order valence-electron chi connectivity index (χ0n) is 21.8. The van der Waals surface area contributed by atoms with Crippen molar-refractivity contribution in [1.29, 1.82) is 0 Å². The molecular formula is C31H25Cl2N3O3S2. The van der Waals surface area contributed by atoms with Gasteiger partial charge in [0.25, 0.3) is 5.91 Å². The van der Waals surface area contributed by atoms with Crippen molar-refractivity contribution in [1.82, 2.24) is 14.7 Å². The van der Waals surface area contributed by atoms with Crippen molar-refractivity contribution in [3.8, 4) is 22.7 Å². The maximum Gasteiger partial charge on any atom is 0.266 e. The normalized spacial score (nSPS) is 18.0. The number of hydrogen-bond donors (Lipinski definition) is 0. The molecule has 3 aromatic carbocycles. The predicted molar refractivity (Wildman–Crippen MR) is 169 cm³/mol. The highest BCUT2D eigenvalue weighted by Gasteiger charge is 2.35. The highest BCUT2D eigenvalue weighted by atomic mass is 35.5. The number of nitrogens with zero attached hydrogens (tertiary/aromatic N) is 3. The largest absolute Gasteiger partial charge is 0.489 e. The van der Waals surface area contributed by atoms with E-state index in [0.29, 0.717) is 38.2 Å². The molecule has 10 heteroatoms. The molecule has 1 aromatic heterocycles. The van der Waals surface area contributed by atoms with Gasteiger partial charge in [-0.05, 0) is 67.4 Å². The number of aromatic nitrogens is 2. The molecule has 6 rings (SSSR count). The second-order valence-electron chi connectivity index (χ2n) is 9.69. The van der Waals surface area contributed by atoms with E-state index in [2.05, 4.69) is 0 Å². The Labute approximate surface area is 257 Å². The lowest BCUT2D eigenvalue weighted by Crippen LogP contribution is -2.35. The van der Waals surface area contributed by atoms with Gasteiger partial charge in [-0.1, -0.05) is 71.4 Å². The molecular weight excluding hydrogens is 597 g/mol. The maximum atomic E-state index is 13.3. The van der Waals surface area contributed by atoms with Crippen molar-refractivity contribution in [3.63, 3.8) is 0 Å². The van der Waals surface area contributed by atoms with Crippen LogP contribution in [0.5, 0.6) is 5.75 Å². The van der Waals surface area contributed by atoms with Crippen LogP contribution < -0.4 is 4.74 Å². The molecule has 2 aliphatic heterocycles. The van der Waals surface area contributed by atoms with E-state index in [4.69, 9.17) is 50.0 Å². The van der Waals surface area contributed by atoms with Crippen molar-refractivity contribution in [3.05, 3.63) is 105 Å². The fourth-order valence-corrected chi connectivity index (χ4v) is 6.46. The van der Waals surface area contributed by atoms with Crippen LogP contribution in [0.15, 0.2) is 83.9 Å². The minimum atomic E-state index is -0.0986. The fraction of sp³-hybridized carbons (Fsp3) is 0.194. The van der Waals surface area contributed by atoms with E-state index >= 15 is 0 Å². The van der Waals surface area contributed by atoms with Gasteiger partial charge >= 0.3 is 0 Å². The lowest BCUT2D eigenvalue weighted by molar-refractivity contribution is -0.123. The van der Waals surface area contributed by atoms with Gasteiger partial charge in [0.05, 0.1) is 28.9 Å². The quantitative estimate of drug-likeness (QED) is 0.148. The Hall–Kier alpha value is -3.14. The summed E-state index contributed by atoms with van der Waals surface area (Å²) >= 11 is 19.2. The van der Waals surface area contributed by atoms with E-state index in [-0.39, 0.29) is 12.0 Å². The average molecular weight is 623 g/mol. The van der Waals surface area contributed by atoms with Crippen LogP contribution in [0.4, 0.5) is 0 Å². The van der Waals surface area contributed by atoms with E-state index in [1.54, 1.807) is 17.0 Å². The molecule has 2 saturated heterocycles. The summed E-state index contributed by atoms with van der Waals surface area (Å²) in [5.74, 6) is 0.595. The summed E-state index contributed by atoms with van der Waals surface area (Å²) in [6, 6.07) is 22.9. The van der Waals surface area contributed by atoms with Gasteiger partial charge < -0.3 is 9.47 Å². The van der Waals surface area contributed by atoms with Crippen LogP contribution in [0.2, 0.25) is 10.0 Å². The number of rotatable bonds is 8. The third kappa shape index (κ3) is 6.37. The van der Waals surface area contributed by atoms with Gasteiger partial charge in [0.15, 0.2) is 0 Å². The van der Waals surface area contributed by atoms with Crippen LogP contribution >= 0.6 is 47.2 Å². The molecule has 1 amide bonds. The number of carbonyl (C=O) groups is 1. The monoisotopic (exact) mass is 621 g/mol. The van der Waals surface area contributed by atoms with Gasteiger partial charge in [-0.2, -0.15) is 5.10 Å². The Balaban J connectivity index is 1.27. The summed E-state index contributed by atoms with van der Waals surface area (Å²) in [6.45, 7) is 1.54. The first-order valence-corrected chi connectivity index (χ1v) is 15.1. The summed E-state index contributed by atoms with van der Waals surface area (Å²) in [5, 5.41) is 6.04. The molecule has 0 radical (unpaired) electrons. The van der Waals surface area contributed by atoms with Crippen molar-refractivity contribution >= 4 is 63.5 Å². The molecule has 41 heavy (non-hydrogen) atoms. The number of halogens is 2. The lowest BCUT2D eigenvalue weighted by atomic mass is 10.1. The number of carbonyl (C=O) groups excluding carboxylic acids is 1. The molecule has 208 valence electrons. The number of benzene rings is 3. The molecule has 2 aliphatic rings. The molecule has 6 nitrogen and oxygen atoms in total. The zero-order valence-corrected chi connectivity index (χ0v) is 25.0. The molecule has 0 saturated carbocycles. The number of hydrogen-bond acceptors (Lipinski definition) is 6. The number of ether oxygens (including phenoxy) is 2. The van der Waals surface area contributed by atoms with Gasteiger partial charge in [0, 0.05) is 39.5 Å². The first kappa shape index (κ1) is 28.0. The van der Waals surface area contributed by atoms with Crippen LogP contribution in [0, 0.1) is 0 Å². The first-order valence-electron chi connectivity index (χ1n) is 13.1.